The van der Waals surface area contributed by atoms with Crippen molar-refractivity contribution in [1.82, 2.24) is 40.0 Å². The third kappa shape index (κ3) is 3.18. The smallest absolute Gasteiger partial charge is 0.240 e. The topological polar surface area (TPSA) is 107 Å². The van der Waals surface area contributed by atoms with Crippen molar-refractivity contribution >= 4 is 5.65 Å². The zero-order valence-electron chi connectivity index (χ0n) is 15.5. The number of benzene rings is 1. The van der Waals surface area contributed by atoms with Crippen molar-refractivity contribution in [2.45, 2.75) is 13.0 Å². The molecular weight excluding hydrogens is 368 g/mol. The summed E-state index contributed by atoms with van der Waals surface area (Å²) in [5.74, 6) is 1.68. The number of aromatic nitrogens is 8. The third-order valence-electron chi connectivity index (χ3n) is 4.49. The molecule has 0 radical (unpaired) electrons. The van der Waals surface area contributed by atoms with Crippen LogP contribution in [-0.2, 0) is 0 Å². The maximum atomic E-state index is 6.17. The molecule has 5 rings (SSSR count). The Morgan fingerprint density at radius 3 is 2.59 bits per heavy atom. The van der Waals surface area contributed by atoms with Crippen LogP contribution in [0.4, 0.5) is 0 Å². The lowest BCUT2D eigenvalue weighted by atomic mass is 10.1. The number of nitrogens with zero attached hydrogens (tertiary/aromatic N) is 7. The third-order valence-corrected chi connectivity index (χ3v) is 4.49. The van der Waals surface area contributed by atoms with Crippen LogP contribution in [0.25, 0.3) is 28.2 Å². The molecule has 29 heavy (non-hydrogen) atoms. The SMILES string of the molecule is CC(Oc1nn2c(-c3ccccc3)nnc2cc1-c1ccncc1)c1ncn[nH]1. The second-order valence-electron chi connectivity index (χ2n) is 6.39. The molecule has 142 valence electrons. The molecule has 0 aliphatic heterocycles. The molecule has 4 heterocycles. The van der Waals surface area contributed by atoms with Gasteiger partial charge in [0, 0.05) is 23.5 Å². The Morgan fingerprint density at radius 2 is 1.83 bits per heavy atom. The van der Waals surface area contributed by atoms with Crippen molar-refractivity contribution in [3.63, 3.8) is 0 Å². The molecule has 1 aromatic carbocycles. The van der Waals surface area contributed by atoms with Gasteiger partial charge in [0.05, 0.1) is 0 Å². The second kappa shape index (κ2) is 7.12. The van der Waals surface area contributed by atoms with Crippen LogP contribution >= 0.6 is 0 Å². The van der Waals surface area contributed by atoms with Crippen LogP contribution < -0.4 is 4.74 Å². The van der Waals surface area contributed by atoms with Crippen LogP contribution in [0.5, 0.6) is 5.88 Å². The fraction of sp³-hybridized carbons (Fsp3) is 0.100. The number of rotatable bonds is 5. The number of fused-ring (bicyclic) bond motifs is 1. The average Bonchev–Trinajstić information content (AvgIpc) is 3.44. The standard InChI is InChI=1S/C20H16N8O/c1-13(18-22-12-23-25-18)29-20-16(14-7-9-21-10-8-14)11-17-24-26-19(28(17)27-20)15-5-3-2-4-6-15/h2-13H,1H3,(H,22,23,25). The Kier molecular flexibility index (Phi) is 4.17. The quantitative estimate of drug-likeness (QED) is 0.496. The van der Waals surface area contributed by atoms with E-state index in [-0.39, 0.29) is 6.10 Å². The van der Waals surface area contributed by atoms with Gasteiger partial charge in [-0.15, -0.1) is 15.3 Å². The summed E-state index contributed by atoms with van der Waals surface area (Å²) in [5, 5.41) is 20.1. The first-order chi connectivity index (χ1) is 14.3. The van der Waals surface area contributed by atoms with Crippen molar-refractivity contribution in [3.05, 3.63) is 73.1 Å². The number of ether oxygens (including phenoxy) is 1. The summed E-state index contributed by atoms with van der Waals surface area (Å²) in [4.78, 5) is 8.26. The minimum atomic E-state index is -0.375. The van der Waals surface area contributed by atoms with Gasteiger partial charge in [0.1, 0.15) is 6.33 Å². The molecule has 0 aliphatic carbocycles. The van der Waals surface area contributed by atoms with E-state index in [2.05, 4.69) is 30.4 Å². The van der Waals surface area contributed by atoms with E-state index in [9.17, 15) is 0 Å². The number of hydrogen-bond acceptors (Lipinski definition) is 7. The molecule has 0 fully saturated rings. The molecule has 9 heteroatoms. The van der Waals surface area contributed by atoms with Crippen LogP contribution in [0, 0.1) is 0 Å². The Balaban J connectivity index is 1.66. The summed E-state index contributed by atoms with van der Waals surface area (Å²) < 4.78 is 7.85. The summed E-state index contributed by atoms with van der Waals surface area (Å²) in [5.41, 5.74) is 3.24. The van der Waals surface area contributed by atoms with E-state index in [1.807, 2.05) is 55.5 Å². The second-order valence-corrected chi connectivity index (χ2v) is 6.39. The fourth-order valence-electron chi connectivity index (χ4n) is 3.04. The molecule has 0 saturated heterocycles. The van der Waals surface area contributed by atoms with Gasteiger partial charge in [-0.2, -0.15) is 9.61 Å². The highest BCUT2D eigenvalue weighted by atomic mass is 16.5. The Bertz CT molecular complexity index is 1240. The van der Waals surface area contributed by atoms with Crippen LogP contribution in [0.2, 0.25) is 0 Å². The number of nitrogens with one attached hydrogen (secondary N) is 1. The molecule has 9 nitrogen and oxygen atoms in total. The van der Waals surface area contributed by atoms with Crippen molar-refractivity contribution in [2.75, 3.05) is 0 Å². The molecule has 0 saturated carbocycles. The maximum absolute atomic E-state index is 6.17. The van der Waals surface area contributed by atoms with Gasteiger partial charge < -0.3 is 4.74 Å². The number of aromatic amines is 1. The normalized spacial score (nSPS) is 12.2. The molecule has 0 amide bonds. The van der Waals surface area contributed by atoms with E-state index in [0.29, 0.717) is 23.2 Å². The van der Waals surface area contributed by atoms with Gasteiger partial charge in [-0.05, 0) is 30.7 Å². The zero-order chi connectivity index (χ0) is 19.6. The lowest BCUT2D eigenvalue weighted by molar-refractivity contribution is 0.206. The summed E-state index contributed by atoms with van der Waals surface area (Å²) in [6, 6.07) is 15.5. The highest BCUT2D eigenvalue weighted by Crippen LogP contribution is 2.32. The summed E-state index contributed by atoms with van der Waals surface area (Å²) in [6.07, 6.45) is 4.52. The van der Waals surface area contributed by atoms with E-state index in [4.69, 9.17) is 9.84 Å². The molecule has 0 aliphatic rings. The minimum absolute atomic E-state index is 0.375. The number of pyridine rings is 1. The van der Waals surface area contributed by atoms with Gasteiger partial charge in [-0.1, -0.05) is 30.3 Å². The van der Waals surface area contributed by atoms with E-state index in [1.54, 1.807) is 16.9 Å². The van der Waals surface area contributed by atoms with Crippen molar-refractivity contribution < 1.29 is 4.74 Å². The average molecular weight is 384 g/mol. The Morgan fingerprint density at radius 1 is 1.00 bits per heavy atom. The van der Waals surface area contributed by atoms with Gasteiger partial charge in [0.25, 0.3) is 0 Å². The van der Waals surface area contributed by atoms with Crippen LogP contribution in [0.15, 0.2) is 67.3 Å². The molecule has 0 bridgehead atoms. The van der Waals surface area contributed by atoms with E-state index in [1.165, 1.54) is 6.33 Å². The lowest BCUT2D eigenvalue weighted by Crippen LogP contribution is -2.09. The van der Waals surface area contributed by atoms with Gasteiger partial charge in [-0.3, -0.25) is 10.1 Å². The number of H-pyrrole nitrogens is 1. The first kappa shape index (κ1) is 17.0. The summed E-state index contributed by atoms with van der Waals surface area (Å²) in [7, 11) is 0. The molecule has 1 N–H and O–H groups in total. The van der Waals surface area contributed by atoms with Crippen molar-refractivity contribution in [3.8, 4) is 28.4 Å². The van der Waals surface area contributed by atoms with E-state index in [0.717, 1.165) is 16.7 Å². The van der Waals surface area contributed by atoms with Crippen LogP contribution in [-0.4, -0.2) is 40.0 Å². The highest BCUT2D eigenvalue weighted by molar-refractivity contribution is 5.72. The van der Waals surface area contributed by atoms with Crippen molar-refractivity contribution in [2.24, 2.45) is 0 Å². The predicted molar refractivity (Wildman–Crippen MR) is 105 cm³/mol. The van der Waals surface area contributed by atoms with Gasteiger partial charge >= 0.3 is 0 Å². The maximum Gasteiger partial charge on any atom is 0.240 e. The van der Waals surface area contributed by atoms with Gasteiger partial charge in [-0.25, -0.2) is 4.98 Å². The molecule has 0 spiro atoms. The highest BCUT2D eigenvalue weighted by Gasteiger charge is 2.19. The molecule has 1 unspecified atom stereocenters. The molecule has 4 aromatic heterocycles. The largest absolute Gasteiger partial charge is 0.465 e. The van der Waals surface area contributed by atoms with Gasteiger partial charge in [0.2, 0.25) is 5.88 Å². The monoisotopic (exact) mass is 384 g/mol. The predicted octanol–water partition coefficient (Wildman–Crippen LogP) is 3.11. The molecule has 1 atom stereocenters. The molecular formula is C20H16N8O. The van der Waals surface area contributed by atoms with Crippen LogP contribution in [0.3, 0.4) is 0 Å². The fourth-order valence-corrected chi connectivity index (χ4v) is 3.04. The van der Waals surface area contributed by atoms with E-state index < -0.39 is 0 Å². The zero-order valence-corrected chi connectivity index (χ0v) is 15.5. The first-order valence-electron chi connectivity index (χ1n) is 9.04. The summed E-state index contributed by atoms with van der Waals surface area (Å²) >= 11 is 0. The Labute approximate surface area is 165 Å². The van der Waals surface area contributed by atoms with E-state index >= 15 is 0 Å². The number of hydrogen-bond donors (Lipinski definition) is 1. The summed E-state index contributed by atoms with van der Waals surface area (Å²) in [6.45, 7) is 1.88. The Hall–Kier alpha value is -4.14. The minimum Gasteiger partial charge on any atom is -0.465 e. The molecule has 5 aromatic rings. The first-order valence-corrected chi connectivity index (χ1v) is 9.04. The van der Waals surface area contributed by atoms with Gasteiger partial charge in [0.15, 0.2) is 23.4 Å². The van der Waals surface area contributed by atoms with Crippen molar-refractivity contribution in [1.29, 1.82) is 0 Å². The lowest BCUT2D eigenvalue weighted by Gasteiger charge is -2.15. The van der Waals surface area contributed by atoms with Crippen LogP contribution in [0.1, 0.15) is 18.9 Å².